The molecule has 1 amide bonds. The summed E-state index contributed by atoms with van der Waals surface area (Å²) in [4.78, 5) is 24.0. The van der Waals surface area contributed by atoms with Crippen LogP contribution in [0, 0.1) is 5.92 Å². The number of anilines is 1. The Labute approximate surface area is 150 Å². The van der Waals surface area contributed by atoms with Gasteiger partial charge in [-0.15, -0.1) is 0 Å². The molecule has 3 N–H and O–H groups in total. The molecule has 0 radical (unpaired) electrons. The molecule has 1 aliphatic rings. The van der Waals surface area contributed by atoms with Crippen LogP contribution in [-0.4, -0.2) is 33.9 Å². The fourth-order valence-electron chi connectivity index (χ4n) is 3.14. The van der Waals surface area contributed by atoms with Crippen molar-refractivity contribution < 1.29 is 4.79 Å². The van der Waals surface area contributed by atoms with Crippen LogP contribution in [0.2, 0.25) is 5.02 Å². The number of piperidine rings is 1. The first-order valence-electron chi connectivity index (χ1n) is 8.31. The molecule has 0 unspecified atom stereocenters. The number of halogens is 1. The maximum atomic E-state index is 12.4. The van der Waals surface area contributed by atoms with Crippen LogP contribution >= 0.6 is 11.6 Å². The van der Waals surface area contributed by atoms with E-state index in [1.165, 1.54) is 0 Å². The minimum atomic E-state index is -0.0176. The van der Waals surface area contributed by atoms with E-state index in [1.807, 2.05) is 24.3 Å². The van der Waals surface area contributed by atoms with E-state index in [2.05, 4.69) is 25.6 Å². The Morgan fingerprint density at radius 3 is 3.04 bits per heavy atom. The third-order valence-corrected chi connectivity index (χ3v) is 4.81. The van der Waals surface area contributed by atoms with Gasteiger partial charge in [0.15, 0.2) is 0 Å². The van der Waals surface area contributed by atoms with E-state index in [0.717, 1.165) is 41.5 Å². The van der Waals surface area contributed by atoms with Crippen molar-refractivity contribution in [3.05, 3.63) is 41.8 Å². The molecule has 1 aliphatic heterocycles. The minimum Gasteiger partial charge on any atom is -0.345 e. The highest BCUT2D eigenvalue weighted by Gasteiger charge is 2.21. The van der Waals surface area contributed by atoms with Crippen molar-refractivity contribution in [2.24, 2.45) is 5.92 Å². The number of H-pyrrole nitrogens is 1. The van der Waals surface area contributed by atoms with E-state index < -0.39 is 0 Å². The van der Waals surface area contributed by atoms with Crippen LogP contribution in [0.3, 0.4) is 0 Å². The third kappa shape index (κ3) is 3.36. The topological polar surface area (TPSA) is 82.7 Å². The first kappa shape index (κ1) is 16.1. The standard InChI is InChI=1S/C18H18ClN5O/c19-14-9-21-17(24-18(25)12-2-1-5-20-8-12)7-13(14)11-3-4-15-16(6-11)23-10-22-15/h3-4,6-7,9-10,12,20H,1-2,5,8H2,(H,22,23)(H,21,24,25)/t12-/m1/s1. The number of fused-ring (bicyclic) bond motifs is 1. The molecule has 0 saturated carbocycles. The molecule has 0 bridgehead atoms. The largest absolute Gasteiger partial charge is 0.345 e. The van der Waals surface area contributed by atoms with Crippen molar-refractivity contribution >= 4 is 34.4 Å². The molecule has 3 heterocycles. The summed E-state index contributed by atoms with van der Waals surface area (Å²) >= 11 is 6.33. The molecule has 6 nitrogen and oxygen atoms in total. The molecule has 128 valence electrons. The maximum absolute atomic E-state index is 12.4. The van der Waals surface area contributed by atoms with Gasteiger partial charge < -0.3 is 15.6 Å². The van der Waals surface area contributed by atoms with Crippen molar-refractivity contribution in [1.29, 1.82) is 0 Å². The van der Waals surface area contributed by atoms with Crippen LogP contribution in [0.4, 0.5) is 5.82 Å². The molecule has 0 spiro atoms. The van der Waals surface area contributed by atoms with Gasteiger partial charge in [-0.05, 0) is 43.1 Å². The second-order valence-electron chi connectivity index (χ2n) is 6.22. The zero-order valence-corrected chi connectivity index (χ0v) is 14.3. The highest BCUT2D eigenvalue weighted by atomic mass is 35.5. The van der Waals surface area contributed by atoms with Crippen molar-refractivity contribution in [2.75, 3.05) is 18.4 Å². The number of benzene rings is 1. The van der Waals surface area contributed by atoms with Gasteiger partial charge in [-0.1, -0.05) is 17.7 Å². The van der Waals surface area contributed by atoms with Gasteiger partial charge in [0, 0.05) is 18.3 Å². The number of aromatic amines is 1. The van der Waals surface area contributed by atoms with Crippen LogP contribution in [-0.2, 0) is 4.79 Å². The van der Waals surface area contributed by atoms with Gasteiger partial charge >= 0.3 is 0 Å². The van der Waals surface area contributed by atoms with Gasteiger partial charge in [0.05, 0.1) is 28.3 Å². The van der Waals surface area contributed by atoms with E-state index in [0.29, 0.717) is 17.4 Å². The number of rotatable bonds is 3. The zero-order valence-electron chi connectivity index (χ0n) is 13.6. The Morgan fingerprint density at radius 2 is 2.20 bits per heavy atom. The number of hydrogen-bond acceptors (Lipinski definition) is 4. The lowest BCUT2D eigenvalue weighted by Crippen LogP contribution is -2.37. The second-order valence-corrected chi connectivity index (χ2v) is 6.62. The fraction of sp³-hybridized carbons (Fsp3) is 0.278. The molecule has 4 rings (SSSR count). The number of imidazole rings is 1. The Bertz CT molecular complexity index is 917. The number of carbonyl (C=O) groups is 1. The number of nitrogens with one attached hydrogen (secondary N) is 3. The Hall–Kier alpha value is -2.44. The van der Waals surface area contributed by atoms with E-state index in [9.17, 15) is 4.79 Å². The summed E-state index contributed by atoms with van der Waals surface area (Å²) in [6.07, 6.45) is 5.15. The fourth-order valence-corrected chi connectivity index (χ4v) is 3.35. The Morgan fingerprint density at radius 1 is 1.28 bits per heavy atom. The van der Waals surface area contributed by atoms with Crippen LogP contribution < -0.4 is 10.6 Å². The molecule has 3 aromatic rings. The van der Waals surface area contributed by atoms with Gasteiger partial charge in [0.1, 0.15) is 5.82 Å². The average Bonchev–Trinajstić information content (AvgIpc) is 3.11. The van der Waals surface area contributed by atoms with Crippen molar-refractivity contribution in [3.8, 4) is 11.1 Å². The molecule has 1 saturated heterocycles. The third-order valence-electron chi connectivity index (χ3n) is 4.51. The lowest BCUT2D eigenvalue weighted by Gasteiger charge is -2.21. The number of nitrogens with zero attached hydrogens (tertiary/aromatic N) is 2. The highest BCUT2D eigenvalue weighted by molar-refractivity contribution is 6.33. The molecular weight excluding hydrogens is 338 g/mol. The van der Waals surface area contributed by atoms with Gasteiger partial charge in [-0.2, -0.15) is 0 Å². The van der Waals surface area contributed by atoms with Crippen LogP contribution in [0.1, 0.15) is 12.8 Å². The van der Waals surface area contributed by atoms with E-state index in [4.69, 9.17) is 11.6 Å². The number of aromatic nitrogens is 3. The summed E-state index contributed by atoms with van der Waals surface area (Å²) in [5.41, 5.74) is 3.60. The molecule has 1 fully saturated rings. The molecule has 2 aromatic heterocycles. The normalized spacial score (nSPS) is 17.6. The summed E-state index contributed by atoms with van der Waals surface area (Å²) in [7, 11) is 0. The zero-order chi connectivity index (χ0) is 17.2. The highest BCUT2D eigenvalue weighted by Crippen LogP contribution is 2.31. The molecule has 1 atom stereocenters. The van der Waals surface area contributed by atoms with Crippen LogP contribution in [0.25, 0.3) is 22.2 Å². The second kappa shape index (κ2) is 6.82. The summed E-state index contributed by atoms with van der Waals surface area (Å²) in [6.45, 7) is 1.69. The number of carbonyl (C=O) groups excluding carboxylic acids is 1. The van der Waals surface area contributed by atoms with Gasteiger partial charge in [0.2, 0.25) is 5.91 Å². The molecule has 0 aliphatic carbocycles. The molecule has 1 aromatic carbocycles. The Kier molecular flexibility index (Phi) is 4.38. The number of pyridine rings is 1. The predicted molar refractivity (Wildman–Crippen MR) is 98.6 cm³/mol. The molecule has 25 heavy (non-hydrogen) atoms. The maximum Gasteiger partial charge on any atom is 0.229 e. The van der Waals surface area contributed by atoms with Crippen molar-refractivity contribution in [2.45, 2.75) is 12.8 Å². The summed E-state index contributed by atoms with van der Waals surface area (Å²) in [5, 5.41) is 6.70. The first-order chi connectivity index (χ1) is 12.2. The van der Waals surface area contributed by atoms with E-state index in [-0.39, 0.29) is 11.8 Å². The van der Waals surface area contributed by atoms with Gasteiger partial charge in [0.25, 0.3) is 0 Å². The quantitative estimate of drug-likeness (QED) is 0.673. The van der Waals surface area contributed by atoms with E-state index in [1.54, 1.807) is 12.5 Å². The number of amides is 1. The SMILES string of the molecule is O=C(Nc1cc(-c2ccc3nc[nH]c3c2)c(Cl)cn1)[C@@H]1CCCNC1. The lowest BCUT2D eigenvalue weighted by molar-refractivity contribution is -0.120. The molecule has 7 heteroatoms. The first-order valence-corrected chi connectivity index (χ1v) is 8.69. The smallest absolute Gasteiger partial charge is 0.229 e. The summed E-state index contributed by atoms with van der Waals surface area (Å²) < 4.78 is 0. The Balaban J connectivity index is 1.60. The van der Waals surface area contributed by atoms with Crippen LogP contribution in [0.15, 0.2) is 36.8 Å². The predicted octanol–water partition coefficient (Wildman–Crippen LogP) is 3.22. The summed E-state index contributed by atoms with van der Waals surface area (Å²) in [5.74, 6) is 0.493. The van der Waals surface area contributed by atoms with Gasteiger partial charge in [-0.3, -0.25) is 4.79 Å². The van der Waals surface area contributed by atoms with Crippen LogP contribution in [0.5, 0.6) is 0 Å². The number of hydrogen-bond donors (Lipinski definition) is 3. The minimum absolute atomic E-state index is 0.00278. The van der Waals surface area contributed by atoms with E-state index >= 15 is 0 Å². The van der Waals surface area contributed by atoms with Crippen molar-refractivity contribution in [3.63, 3.8) is 0 Å². The molecular formula is C18H18ClN5O. The van der Waals surface area contributed by atoms with Gasteiger partial charge in [-0.25, -0.2) is 9.97 Å². The lowest BCUT2D eigenvalue weighted by atomic mass is 9.99. The summed E-state index contributed by atoms with van der Waals surface area (Å²) in [6, 6.07) is 7.69. The average molecular weight is 356 g/mol. The van der Waals surface area contributed by atoms with Crippen molar-refractivity contribution in [1.82, 2.24) is 20.3 Å². The monoisotopic (exact) mass is 355 g/mol.